The first-order valence-electron chi connectivity index (χ1n) is 5.86. The third-order valence-electron chi connectivity index (χ3n) is 3.07. The lowest BCUT2D eigenvalue weighted by Gasteiger charge is -2.14. The van der Waals surface area contributed by atoms with E-state index in [1.54, 1.807) is 0 Å². The molecule has 1 atom stereocenters. The summed E-state index contributed by atoms with van der Waals surface area (Å²) in [6, 6.07) is 10.5. The van der Waals surface area contributed by atoms with E-state index in [-0.39, 0.29) is 5.56 Å². The predicted octanol–water partition coefficient (Wildman–Crippen LogP) is 4.83. The van der Waals surface area contributed by atoms with Crippen LogP contribution in [-0.4, -0.2) is 5.11 Å². The van der Waals surface area contributed by atoms with Crippen LogP contribution < -0.4 is 0 Å². The molecule has 1 N–H and O–H groups in total. The molecular weight excluding hydrogens is 331 g/mol. The summed E-state index contributed by atoms with van der Waals surface area (Å²) in [5.74, 6) is -0.461. The molecule has 0 bridgehead atoms. The maximum atomic E-state index is 13.8. The van der Waals surface area contributed by atoms with Crippen molar-refractivity contribution in [2.75, 3.05) is 0 Å². The molecule has 4 heteroatoms. The van der Waals surface area contributed by atoms with E-state index in [1.165, 1.54) is 12.1 Å². The van der Waals surface area contributed by atoms with Crippen molar-refractivity contribution >= 4 is 27.5 Å². The van der Waals surface area contributed by atoms with Crippen LogP contribution in [0.4, 0.5) is 4.39 Å². The van der Waals surface area contributed by atoms with Crippen molar-refractivity contribution in [3.05, 3.63) is 68.4 Å². The Kier molecular flexibility index (Phi) is 4.61. The number of benzene rings is 2. The molecule has 0 saturated carbocycles. The van der Waals surface area contributed by atoms with Crippen LogP contribution in [0.1, 0.15) is 22.8 Å². The third-order valence-corrected chi connectivity index (χ3v) is 4.27. The van der Waals surface area contributed by atoms with Crippen molar-refractivity contribution in [3.63, 3.8) is 0 Å². The number of hydrogen-bond acceptors (Lipinski definition) is 1. The van der Waals surface area contributed by atoms with Gasteiger partial charge in [0, 0.05) is 16.5 Å². The van der Waals surface area contributed by atoms with Crippen molar-refractivity contribution in [1.29, 1.82) is 0 Å². The Morgan fingerprint density at radius 3 is 2.68 bits per heavy atom. The van der Waals surface area contributed by atoms with E-state index in [9.17, 15) is 9.50 Å². The average molecular weight is 344 g/mol. The number of aryl methyl sites for hydroxylation is 1. The lowest BCUT2D eigenvalue weighted by molar-refractivity contribution is 0.173. The van der Waals surface area contributed by atoms with Gasteiger partial charge in [0.1, 0.15) is 5.82 Å². The molecule has 0 saturated heterocycles. The number of hydrogen-bond donors (Lipinski definition) is 1. The molecule has 1 unspecified atom stereocenters. The van der Waals surface area contributed by atoms with E-state index < -0.39 is 11.9 Å². The fourth-order valence-electron chi connectivity index (χ4n) is 1.95. The second kappa shape index (κ2) is 6.04. The van der Waals surface area contributed by atoms with E-state index in [2.05, 4.69) is 15.9 Å². The Morgan fingerprint density at radius 1 is 1.32 bits per heavy atom. The molecule has 2 aromatic rings. The lowest BCUT2D eigenvalue weighted by atomic mass is 9.98. The second-order valence-corrected chi connectivity index (χ2v) is 5.70. The summed E-state index contributed by atoms with van der Waals surface area (Å²) in [5.41, 5.74) is 2.29. The van der Waals surface area contributed by atoms with Crippen molar-refractivity contribution in [3.8, 4) is 0 Å². The van der Waals surface area contributed by atoms with E-state index >= 15 is 0 Å². The maximum absolute atomic E-state index is 13.8. The van der Waals surface area contributed by atoms with Crippen LogP contribution >= 0.6 is 27.5 Å². The summed E-state index contributed by atoms with van der Waals surface area (Å²) in [5, 5.41) is 10.6. The van der Waals surface area contributed by atoms with Crippen LogP contribution in [0.3, 0.4) is 0 Å². The summed E-state index contributed by atoms with van der Waals surface area (Å²) in [6.07, 6.45) is -0.548. The van der Waals surface area contributed by atoms with Crippen LogP contribution in [-0.2, 0) is 6.42 Å². The van der Waals surface area contributed by atoms with E-state index in [4.69, 9.17) is 11.6 Å². The SMILES string of the molecule is Cc1ccccc1CC(O)c1cc(Cl)c(Br)cc1F. The normalized spacial score (nSPS) is 12.5. The summed E-state index contributed by atoms with van der Waals surface area (Å²) in [6.45, 7) is 1.97. The minimum absolute atomic E-state index is 0.219. The van der Waals surface area contributed by atoms with Gasteiger partial charge in [-0.15, -0.1) is 0 Å². The largest absolute Gasteiger partial charge is 0.388 e. The molecule has 1 nitrogen and oxygen atoms in total. The van der Waals surface area contributed by atoms with Gasteiger partial charge >= 0.3 is 0 Å². The first kappa shape index (κ1) is 14.5. The Balaban J connectivity index is 2.28. The molecule has 2 rings (SSSR count). The van der Waals surface area contributed by atoms with E-state index in [0.717, 1.165) is 11.1 Å². The van der Waals surface area contributed by atoms with Crippen molar-refractivity contribution in [1.82, 2.24) is 0 Å². The topological polar surface area (TPSA) is 20.2 Å². The summed E-state index contributed by atoms with van der Waals surface area (Å²) >= 11 is 9.09. The Hall–Kier alpha value is -0.900. The summed E-state index contributed by atoms with van der Waals surface area (Å²) in [4.78, 5) is 0. The van der Waals surface area contributed by atoms with Gasteiger partial charge in [-0.2, -0.15) is 0 Å². The molecule has 0 spiro atoms. The molecule has 0 aromatic heterocycles. The van der Waals surface area contributed by atoms with E-state index in [1.807, 2.05) is 31.2 Å². The molecule has 0 amide bonds. The average Bonchev–Trinajstić information content (AvgIpc) is 2.36. The van der Waals surface area contributed by atoms with Crippen LogP contribution in [0, 0.1) is 12.7 Å². The highest BCUT2D eigenvalue weighted by molar-refractivity contribution is 9.10. The Labute approximate surface area is 125 Å². The number of aliphatic hydroxyl groups excluding tert-OH is 1. The minimum atomic E-state index is -0.910. The molecule has 0 fully saturated rings. The van der Waals surface area contributed by atoms with Gasteiger partial charge in [-0.3, -0.25) is 0 Å². The maximum Gasteiger partial charge on any atom is 0.130 e. The zero-order valence-corrected chi connectivity index (χ0v) is 12.7. The zero-order valence-electron chi connectivity index (χ0n) is 10.3. The zero-order chi connectivity index (χ0) is 14.0. The van der Waals surface area contributed by atoms with Gasteiger partial charge < -0.3 is 5.11 Å². The van der Waals surface area contributed by atoms with Crippen LogP contribution in [0.5, 0.6) is 0 Å². The van der Waals surface area contributed by atoms with E-state index in [0.29, 0.717) is 15.9 Å². The number of aliphatic hydroxyl groups is 1. The summed E-state index contributed by atoms with van der Waals surface area (Å²) in [7, 11) is 0. The van der Waals surface area contributed by atoms with Gasteiger partial charge in [0.25, 0.3) is 0 Å². The van der Waals surface area contributed by atoms with Crippen molar-refractivity contribution < 1.29 is 9.50 Å². The first-order chi connectivity index (χ1) is 8.99. The monoisotopic (exact) mass is 342 g/mol. The quantitative estimate of drug-likeness (QED) is 0.792. The molecule has 0 aliphatic carbocycles. The first-order valence-corrected chi connectivity index (χ1v) is 7.03. The molecule has 100 valence electrons. The van der Waals surface area contributed by atoms with Crippen LogP contribution in [0.25, 0.3) is 0 Å². The van der Waals surface area contributed by atoms with Gasteiger partial charge in [0.05, 0.1) is 11.1 Å². The number of rotatable bonds is 3. The highest BCUT2D eigenvalue weighted by atomic mass is 79.9. The highest BCUT2D eigenvalue weighted by Gasteiger charge is 2.16. The van der Waals surface area contributed by atoms with Gasteiger partial charge in [0.15, 0.2) is 0 Å². The second-order valence-electron chi connectivity index (χ2n) is 4.43. The molecule has 19 heavy (non-hydrogen) atoms. The smallest absolute Gasteiger partial charge is 0.130 e. The summed E-state index contributed by atoms with van der Waals surface area (Å²) < 4.78 is 14.3. The van der Waals surface area contributed by atoms with Gasteiger partial charge in [0.2, 0.25) is 0 Å². The van der Waals surface area contributed by atoms with Gasteiger partial charge in [-0.05, 0) is 46.1 Å². The standard InChI is InChI=1S/C15H13BrClFO/c1-9-4-2-3-5-10(9)6-15(19)11-7-13(17)12(16)8-14(11)18/h2-5,7-8,15,19H,6H2,1H3. The molecule has 0 radical (unpaired) electrons. The Morgan fingerprint density at radius 2 is 2.00 bits per heavy atom. The fourth-order valence-corrected chi connectivity index (χ4v) is 2.44. The molecule has 0 aliphatic heterocycles. The van der Waals surface area contributed by atoms with Crippen molar-refractivity contribution in [2.24, 2.45) is 0 Å². The van der Waals surface area contributed by atoms with Crippen LogP contribution in [0.2, 0.25) is 5.02 Å². The highest BCUT2D eigenvalue weighted by Crippen LogP contribution is 2.30. The van der Waals surface area contributed by atoms with Crippen molar-refractivity contribution in [2.45, 2.75) is 19.4 Å². The number of halogens is 3. The predicted molar refractivity (Wildman–Crippen MR) is 79.0 cm³/mol. The lowest BCUT2D eigenvalue weighted by Crippen LogP contribution is -2.05. The molecule has 0 heterocycles. The molecule has 0 aliphatic rings. The van der Waals surface area contributed by atoms with Gasteiger partial charge in [-0.25, -0.2) is 4.39 Å². The minimum Gasteiger partial charge on any atom is -0.388 e. The fraction of sp³-hybridized carbons (Fsp3) is 0.200. The van der Waals surface area contributed by atoms with Crippen LogP contribution in [0.15, 0.2) is 40.9 Å². The Bertz CT molecular complexity index is 601. The molecular formula is C15H13BrClFO. The van der Waals surface area contributed by atoms with Gasteiger partial charge in [-0.1, -0.05) is 35.9 Å². The third kappa shape index (κ3) is 3.35. The molecule has 2 aromatic carbocycles.